The van der Waals surface area contributed by atoms with E-state index in [9.17, 15) is 0 Å². The molecular formula is C7H12O2. The van der Waals surface area contributed by atoms with Crippen LogP contribution in [0.15, 0.2) is 24.8 Å². The van der Waals surface area contributed by atoms with Crippen LogP contribution in [-0.4, -0.2) is 22.4 Å². The van der Waals surface area contributed by atoms with Gasteiger partial charge in [-0.2, -0.15) is 0 Å². The molecule has 0 spiro atoms. The van der Waals surface area contributed by atoms with E-state index < -0.39 is 12.2 Å². The molecule has 0 bridgehead atoms. The van der Waals surface area contributed by atoms with Gasteiger partial charge in [0.05, 0.1) is 12.2 Å². The third-order valence-corrected chi connectivity index (χ3v) is 0.939. The molecule has 0 heterocycles. The fraction of sp³-hybridized carbons (Fsp3) is 0.429. The lowest BCUT2D eigenvalue weighted by Gasteiger charge is -2.06. The summed E-state index contributed by atoms with van der Waals surface area (Å²) in [5.74, 6) is 0. The molecule has 9 heavy (non-hydrogen) atoms. The lowest BCUT2D eigenvalue weighted by atomic mass is 10.2. The van der Waals surface area contributed by atoms with Crippen molar-refractivity contribution in [2.24, 2.45) is 0 Å². The second kappa shape index (κ2) is 4.30. The number of aliphatic hydroxyl groups excluding tert-OH is 2. The van der Waals surface area contributed by atoms with Crippen LogP contribution in [0.5, 0.6) is 0 Å². The van der Waals surface area contributed by atoms with E-state index in [4.69, 9.17) is 10.2 Å². The van der Waals surface area contributed by atoms with E-state index in [0.29, 0.717) is 0 Å². The summed E-state index contributed by atoms with van der Waals surface area (Å²) in [6.45, 7) is 4.94. The zero-order chi connectivity index (χ0) is 7.28. The van der Waals surface area contributed by atoms with Crippen LogP contribution in [0.25, 0.3) is 0 Å². The van der Waals surface area contributed by atoms with Gasteiger partial charge in [0.1, 0.15) is 0 Å². The summed E-state index contributed by atoms with van der Waals surface area (Å²) in [6.07, 6.45) is 3.14. The maximum Gasteiger partial charge on any atom is 0.0980 e. The molecule has 2 heteroatoms. The van der Waals surface area contributed by atoms with E-state index in [0.717, 1.165) is 0 Å². The summed E-state index contributed by atoms with van der Waals surface area (Å²) >= 11 is 0. The molecule has 0 saturated heterocycles. The summed E-state index contributed by atoms with van der Waals surface area (Å²) in [6, 6.07) is 0. The van der Waals surface area contributed by atoms with Crippen molar-refractivity contribution in [3.63, 3.8) is 0 Å². The van der Waals surface area contributed by atoms with Gasteiger partial charge in [-0.15, -0.1) is 0 Å². The van der Waals surface area contributed by atoms with Crippen LogP contribution >= 0.6 is 0 Å². The van der Waals surface area contributed by atoms with Gasteiger partial charge < -0.3 is 10.2 Å². The van der Waals surface area contributed by atoms with Crippen LogP contribution in [0.4, 0.5) is 0 Å². The first kappa shape index (κ1) is 8.40. The van der Waals surface area contributed by atoms with Crippen LogP contribution in [0.2, 0.25) is 0 Å². The van der Waals surface area contributed by atoms with Crippen LogP contribution in [-0.2, 0) is 0 Å². The van der Waals surface area contributed by atoms with Crippen molar-refractivity contribution in [1.29, 1.82) is 0 Å². The highest BCUT2D eigenvalue weighted by molar-refractivity contribution is 5.01. The number of aliphatic hydroxyl groups is 2. The highest BCUT2D eigenvalue weighted by Gasteiger charge is 2.03. The van der Waals surface area contributed by atoms with Gasteiger partial charge in [0.25, 0.3) is 0 Å². The Kier molecular flexibility index (Phi) is 4.01. The van der Waals surface area contributed by atoms with Crippen molar-refractivity contribution in [2.45, 2.75) is 19.1 Å². The highest BCUT2D eigenvalue weighted by atomic mass is 16.3. The average Bonchev–Trinajstić information content (AvgIpc) is 1.82. The summed E-state index contributed by atoms with van der Waals surface area (Å²) < 4.78 is 0. The molecule has 0 fully saturated rings. The molecule has 0 amide bonds. The van der Waals surface area contributed by atoms with Crippen LogP contribution < -0.4 is 0 Å². The monoisotopic (exact) mass is 128 g/mol. The van der Waals surface area contributed by atoms with Crippen molar-refractivity contribution < 1.29 is 10.2 Å². The molecule has 0 aromatic carbocycles. The van der Waals surface area contributed by atoms with E-state index >= 15 is 0 Å². The van der Waals surface area contributed by atoms with E-state index in [2.05, 4.69) is 6.58 Å². The molecule has 0 aliphatic heterocycles. The van der Waals surface area contributed by atoms with Crippen molar-refractivity contribution in [3.05, 3.63) is 24.8 Å². The summed E-state index contributed by atoms with van der Waals surface area (Å²) in [4.78, 5) is 0. The van der Waals surface area contributed by atoms with E-state index in [-0.39, 0.29) is 0 Å². The second-order valence-corrected chi connectivity index (χ2v) is 1.85. The molecule has 2 atom stereocenters. The summed E-state index contributed by atoms with van der Waals surface area (Å²) in [5, 5.41) is 17.6. The normalized spacial score (nSPS) is 17.7. The van der Waals surface area contributed by atoms with Gasteiger partial charge in [0.15, 0.2) is 0 Å². The number of allylic oxidation sites excluding steroid dienone is 2. The maximum absolute atomic E-state index is 8.87. The minimum absolute atomic E-state index is 0.707. The first-order valence-electron chi connectivity index (χ1n) is 2.84. The Labute approximate surface area is 55.1 Å². The fourth-order valence-electron chi connectivity index (χ4n) is 0.353. The first-order valence-corrected chi connectivity index (χ1v) is 2.84. The molecular weight excluding hydrogens is 116 g/mol. The molecule has 0 unspecified atom stereocenters. The van der Waals surface area contributed by atoms with Crippen LogP contribution in [0.3, 0.4) is 0 Å². The summed E-state index contributed by atoms with van der Waals surface area (Å²) in [7, 11) is 0. The highest BCUT2D eigenvalue weighted by Crippen LogP contribution is 1.92. The quantitative estimate of drug-likeness (QED) is 0.542. The smallest absolute Gasteiger partial charge is 0.0980 e. The van der Waals surface area contributed by atoms with Gasteiger partial charge in [0.2, 0.25) is 0 Å². The standard InChI is InChI=1S/C7H12O2/c1-3-4-5-7(9)6(2)8/h3-9H,1H2,2H3/b5-4+/t6-,7-/m1/s1. The second-order valence-electron chi connectivity index (χ2n) is 1.85. The van der Waals surface area contributed by atoms with Crippen molar-refractivity contribution in [1.82, 2.24) is 0 Å². The number of hydrogen-bond acceptors (Lipinski definition) is 2. The van der Waals surface area contributed by atoms with Gasteiger partial charge in [-0.05, 0) is 6.92 Å². The van der Waals surface area contributed by atoms with Gasteiger partial charge in [-0.25, -0.2) is 0 Å². The zero-order valence-electron chi connectivity index (χ0n) is 5.49. The number of rotatable bonds is 3. The van der Waals surface area contributed by atoms with Gasteiger partial charge in [-0.3, -0.25) is 0 Å². The van der Waals surface area contributed by atoms with E-state index in [1.54, 1.807) is 12.2 Å². The average molecular weight is 128 g/mol. The number of hydrogen-bond donors (Lipinski definition) is 2. The molecule has 0 aliphatic rings. The van der Waals surface area contributed by atoms with Gasteiger partial charge >= 0.3 is 0 Å². The third kappa shape index (κ3) is 3.94. The van der Waals surface area contributed by atoms with Crippen molar-refractivity contribution in [2.75, 3.05) is 0 Å². The maximum atomic E-state index is 8.87. The molecule has 2 N–H and O–H groups in total. The Morgan fingerprint density at radius 2 is 2.00 bits per heavy atom. The van der Waals surface area contributed by atoms with Crippen molar-refractivity contribution in [3.8, 4) is 0 Å². The molecule has 0 aromatic heterocycles. The SMILES string of the molecule is C=C/C=C/[C@@H](O)[C@@H](C)O. The Balaban J connectivity index is 3.61. The molecule has 0 rings (SSSR count). The molecule has 52 valence electrons. The predicted octanol–water partition coefficient (Wildman–Crippen LogP) is 0.470. The molecule has 0 radical (unpaired) electrons. The Hall–Kier alpha value is -0.600. The van der Waals surface area contributed by atoms with Gasteiger partial charge in [0, 0.05) is 0 Å². The Bertz CT molecular complexity index is 105. The zero-order valence-corrected chi connectivity index (χ0v) is 5.49. The van der Waals surface area contributed by atoms with E-state index in [1.165, 1.54) is 13.0 Å². The largest absolute Gasteiger partial charge is 0.390 e. The van der Waals surface area contributed by atoms with Gasteiger partial charge in [-0.1, -0.05) is 24.8 Å². The molecule has 2 nitrogen and oxygen atoms in total. The molecule has 0 aliphatic carbocycles. The van der Waals surface area contributed by atoms with E-state index in [1.807, 2.05) is 0 Å². The lowest BCUT2D eigenvalue weighted by molar-refractivity contribution is 0.0619. The molecule has 0 saturated carbocycles. The summed E-state index contributed by atoms with van der Waals surface area (Å²) in [5.41, 5.74) is 0. The lowest BCUT2D eigenvalue weighted by Crippen LogP contribution is -2.19. The minimum Gasteiger partial charge on any atom is -0.390 e. The van der Waals surface area contributed by atoms with Crippen LogP contribution in [0, 0.1) is 0 Å². The predicted molar refractivity (Wildman–Crippen MR) is 37.0 cm³/mol. The third-order valence-electron chi connectivity index (χ3n) is 0.939. The Morgan fingerprint density at radius 3 is 2.33 bits per heavy atom. The molecule has 0 aromatic rings. The van der Waals surface area contributed by atoms with Crippen molar-refractivity contribution >= 4 is 0 Å². The first-order chi connectivity index (χ1) is 4.18. The Morgan fingerprint density at radius 1 is 1.44 bits per heavy atom. The van der Waals surface area contributed by atoms with Crippen LogP contribution in [0.1, 0.15) is 6.92 Å². The minimum atomic E-state index is -0.775. The fourth-order valence-corrected chi connectivity index (χ4v) is 0.353. The topological polar surface area (TPSA) is 40.5 Å².